The predicted octanol–water partition coefficient (Wildman–Crippen LogP) is 3.87. The highest BCUT2D eigenvalue weighted by molar-refractivity contribution is 5.26. The van der Waals surface area contributed by atoms with Crippen molar-refractivity contribution in [2.45, 2.75) is 51.0 Å². The van der Waals surface area contributed by atoms with Crippen LogP contribution in [0.25, 0.3) is 0 Å². The maximum Gasteiger partial charge on any atom is 0.273 e. The molecule has 0 radical (unpaired) electrons. The summed E-state index contributed by atoms with van der Waals surface area (Å²) >= 11 is 0. The summed E-state index contributed by atoms with van der Waals surface area (Å²) in [7, 11) is 0. The smallest absolute Gasteiger partial charge is 0.273 e. The number of hydrogen-bond donors (Lipinski definition) is 1. The van der Waals surface area contributed by atoms with Gasteiger partial charge in [0.05, 0.1) is 0 Å². The van der Waals surface area contributed by atoms with Crippen molar-refractivity contribution in [3.63, 3.8) is 0 Å². The summed E-state index contributed by atoms with van der Waals surface area (Å²) in [5.41, 5.74) is 1.27. The molecule has 2 rings (SSSR count). The molecule has 1 N–H and O–H groups in total. The van der Waals surface area contributed by atoms with Crippen molar-refractivity contribution >= 4 is 0 Å². The Morgan fingerprint density at radius 2 is 1.94 bits per heavy atom. The topological polar surface area (TPSA) is 12.0 Å². The predicted molar refractivity (Wildman–Crippen MR) is 70.0 cm³/mol. The molecule has 1 saturated heterocycles. The number of hydrogen-bond acceptors (Lipinski definition) is 1. The van der Waals surface area contributed by atoms with Gasteiger partial charge in [-0.25, -0.2) is 8.78 Å². The average Bonchev–Trinajstić information content (AvgIpc) is 2.40. The van der Waals surface area contributed by atoms with Crippen molar-refractivity contribution in [2.24, 2.45) is 0 Å². The second kappa shape index (κ2) is 5.79. The molecule has 0 aromatic heterocycles. The fraction of sp³-hybridized carbons (Fsp3) is 0.600. The van der Waals surface area contributed by atoms with Crippen LogP contribution in [0, 0.1) is 0 Å². The van der Waals surface area contributed by atoms with E-state index < -0.39 is 5.92 Å². The summed E-state index contributed by atoms with van der Waals surface area (Å²) in [6.45, 7) is 2.59. The van der Waals surface area contributed by atoms with Crippen molar-refractivity contribution in [3.05, 3.63) is 35.4 Å². The molecule has 1 heterocycles. The normalized spacial score (nSPS) is 20.9. The Morgan fingerprint density at radius 3 is 2.50 bits per heavy atom. The molecule has 1 fully saturated rings. The van der Waals surface area contributed by atoms with Gasteiger partial charge in [-0.05, 0) is 31.4 Å². The fourth-order valence-electron chi connectivity index (χ4n) is 2.47. The van der Waals surface area contributed by atoms with Gasteiger partial charge in [0.1, 0.15) is 0 Å². The standard InChI is InChI=1S/C15H21F2N/c1-2-15(16,17)13-8-6-12(7-9-13)11-14-5-3-4-10-18-14/h6-9,14,18H,2-5,10-11H2,1H3. The van der Waals surface area contributed by atoms with Crippen LogP contribution in [-0.2, 0) is 12.3 Å². The van der Waals surface area contributed by atoms with E-state index in [-0.39, 0.29) is 12.0 Å². The molecular formula is C15H21F2N. The molecule has 0 bridgehead atoms. The third-order valence-corrected chi connectivity index (χ3v) is 3.71. The molecule has 1 atom stereocenters. The Morgan fingerprint density at radius 1 is 1.22 bits per heavy atom. The fourth-order valence-corrected chi connectivity index (χ4v) is 2.47. The summed E-state index contributed by atoms with van der Waals surface area (Å²) in [6.07, 6.45) is 4.50. The second-order valence-electron chi connectivity index (χ2n) is 5.11. The quantitative estimate of drug-likeness (QED) is 0.858. The van der Waals surface area contributed by atoms with Crippen molar-refractivity contribution in [1.29, 1.82) is 0 Å². The molecule has 1 unspecified atom stereocenters. The Labute approximate surface area is 108 Å². The zero-order valence-corrected chi connectivity index (χ0v) is 10.9. The van der Waals surface area contributed by atoms with Crippen molar-refractivity contribution in [1.82, 2.24) is 5.32 Å². The SMILES string of the molecule is CCC(F)(F)c1ccc(CC2CCCCN2)cc1. The zero-order valence-electron chi connectivity index (χ0n) is 10.9. The van der Waals surface area contributed by atoms with E-state index in [1.807, 2.05) is 12.1 Å². The Hall–Kier alpha value is -0.960. The van der Waals surface area contributed by atoms with Gasteiger partial charge in [-0.2, -0.15) is 0 Å². The number of rotatable bonds is 4. The van der Waals surface area contributed by atoms with Crippen LogP contribution in [0.5, 0.6) is 0 Å². The monoisotopic (exact) mass is 253 g/mol. The molecule has 18 heavy (non-hydrogen) atoms. The van der Waals surface area contributed by atoms with Crippen molar-refractivity contribution in [3.8, 4) is 0 Å². The van der Waals surface area contributed by atoms with Gasteiger partial charge in [0.25, 0.3) is 5.92 Å². The Bertz CT molecular complexity index is 367. The number of benzene rings is 1. The Balaban J connectivity index is 1.99. The van der Waals surface area contributed by atoms with E-state index in [1.165, 1.54) is 26.2 Å². The number of halogens is 2. The van der Waals surface area contributed by atoms with E-state index in [2.05, 4.69) is 5.32 Å². The average molecular weight is 253 g/mol. The lowest BCUT2D eigenvalue weighted by molar-refractivity contribution is -0.00829. The molecule has 0 amide bonds. The summed E-state index contributed by atoms with van der Waals surface area (Å²) in [5, 5.41) is 3.48. The molecular weight excluding hydrogens is 232 g/mol. The lowest BCUT2D eigenvalue weighted by atomic mass is 9.96. The zero-order chi connectivity index (χ0) is 13.0. The van der Waals surface area contributed by atoms with E-state index in [4.69, 9.17) is 0 Å². The van der Waals surface area contributed by atoms with Gasteiger partial charge in [-0.1, -0.05) is 37.6 Å². The summed E-state index contributed by atoms with van der Waals surface area (Å²) in [4.78, 5) is 0. The van der Waals surface area contributed by atoms with Crippen LogP contribution >= 0.6 is 0 Å². The van der Waals surface area contributed by atoms with Gasteiger partial charge in [0.15, 0.2) is 0 Å². The minimum Gasteiger partial charge on any atom is -0.314 e. The molecule has 1 nitrogen and oxygen atoms in total. The van der Waals surface area contributed by atoms with Gasteiger partial charge >= 0.3 is 0 Å². The lowest BCUT2D eigenvalue weighted by Gasteiger charge is -2.23. The molecule has 0 spiro atoms. The van der Waals surface area contributed by atoms with Crippen LogP contribution in [-0.4, -0.2) is 12.6 Å². The maximum atomic E-state index is 13.5. The molecule has 1 aliphatic rings. The molecule has 3 heteroatoms. The van der Waals surface area contributed by atoms with Crippen LogP contribution in [0.15, 0.2) is 24.3 Å². The third kappa shape index (κ3) is 3.29. The summed E-state index contributed by atoms with van der Waals surface area (Å²) in [6, 6.07) is 7.34. The van der Waals surface area contributed by atoms with Crippen LogP contribution in [0.4, 0.5) is 8.78 Å². The van der Waals surface area contributed by atoms with E-state index in [1.54, 1.807) is 12.1 Å². The number of alkyl halides is 2. The molecule has 1 aromatic rings. The Kier molecular flexibility index (Phi) is 4.33. The molecule has 1 aliphatic heterocycles. The lowest BCUT2D eigenvalue weighted by Crippen LogP contribution is -2.35. The number of nitrogens with one attached hydrogen (secondary N) is 1. The number of piperidine rings is 1. The maximum absolute atomic E-state index is 13.5. The van der Waals surface area contributed by atoms with Crippen molar-refractivity contribution < 1.29 is 8.78 Å². The van der Waals surface area contributed by atoms with Crippen LogP contribution < -0.4 is 5.32 Å². The van der Waals surface area contributed by atoms with E-state index in [0.717, 1.165) is 18.5 Å². The first-order valence-corrected chi connectivity index (χ1v) is 6.82. The first-order chi connectivity index (χ1) is 8.62. The minimum absolute atomic E-state index is 0.130. The first-order valence-electron chi connectivity index (χ1n) is 6.82. The molecule has 0 saturated carbocycles. The van der Waals surface area contributed by atoms with Gasteiger partial charge < -0.3 is 5.32 Å². The second-order valence-corrected chi connectivity index (χ2v) is 5.11. The van der Waals surface area contributed by atoms with E-state index in [0.29, 0.717) is 6.04 Å². The highest BCUT2D eigenvalue weighted by Crippen LogP contribution is 2.31. The summed E-state index contributed by atoms with van der Waals surface area (Å²) < 4.78 is 26.9. The van der Waals surface area contributed by atoms with E-state index in [9.17, 15) is 8.78 Å². The largest absolute Gasteiger partial charge is 0.314 e. The summed E-state index contributed by atoms with van der Waals surface area (Å²) in [5.74, 6) is -2.69. The molecule has 0 aliphatic carbocycles. The van der Waals surface area contributed by atoms with Crippen LogP contribution in [0.3, 0.4) is 0 Å². The van der Waals surface area contributed by atoms with Gasteiger partial charge in [0.2, 0.25) is 0 Å². The van der Waals surface area contributed by atoms with Gasteiger partial charge in [-0.15, -0.1) is 0 Å². The first kappa shape index (κ1) is 13.5. The van der Waals surface area contributed by atoms with Crippen molar-refractivity contribution in [2.75, 3.05) is 6.54 Å². The van der Waals surface area contributed by atoms with Gasteiger partial charge in [-0.3, -0.25) is 0 Å². The van der Waals surface area contributed by atoms with Crippen LogP contribution in [0.2, 0.25) is 0 Å². The molecule has 100 valence electrons. The highest BCUT2D eigenvalue weighted by Gasteiger charge is 2.28. The third-order valence-electron chi connectivity index (χ3n) is 3.71. The molecule has 1 aromatic carbocycles. The minimum atomic E-state index is -2.69. The van der Waals surface area contributed by atoms with Gasteiger partial charge in [0, 0.05) is 18.0 Å². The highest BCUT2D eigenvalue weighted by atomic mass is 19.3. The van der Waals surface area contributed by atoms with E-state index >= 15 is 0 Å². The van der Waals surface area contributed by atoms with Crippen LogP contribution in [0.1, 0.15) is 43.7 Å².